The van der Waals surface area contributed by atoms with E-state index in [-0.39, 0.29) is 16.7 Å². The van der Waals surface area contributed by atoms with Crippen molar-refractivity contribution in [3.8, 4) is 11.5 Å². The van der Waals surface area contributed by atoms with E-state index < -0.39 is 15.8 Å². The van der Waals surface area contributed by atoms with E-state index in [4.69, 9.17) is 14.9 Å². The first-order valence-electron chi connectivity index (χ1n) is 11.2. The summed E-state index contributed by atoms with van der Waals surface area (Å²) in [6.07, 6.45) is 2.49. The number of rotatable bonds is 11. The lowest BCUT2D eigenvalue weighted by molar-refractivity contribution is 0.351. The zero-order chi connectivity index (χ0) is 25.5. The minimum absolute atomic E-state index is 0.0740. The van der Waals surface area contributed by atoms with Gasteiger partial charge < -0.3 is 9.47 Å². The average molecular weight is 509 g/mol. The van der Waals surface area contributed by atoms with E-state index >= 15 is 4.39 Å². The van der Waals surface area contributed by atoms with Crippen molar-refractivity contribution in [1.82, 2.24) is 0 Å². The lowest BCUT2D eigenvalue weighted by atomic mass is 9.94. The maximum atomic E-state index is 15.0. The van der Waals surface area contributed by atoms with Gasteiger partial charge in [0.15, 0.2) is 11.5 Å². The van der Waals surface area contributed by atoms with Crippen molar-refractivity contribution in [3.63, 3.8) is 0 Å². The number of halogens is 1. The Morgan fingerprint density at radius 3 is 2.32 bits per heavy atom. The van der Waals surface area contributed by atoms with Crippen LogP contribution in [0.5, 0.6) is 11.5 Å². The summed E-state index contributed by atoms with van der Waals surface area (Å²) in [6.45, 7) is 9.84. The lowest BCUT2D eigenvalue weighted by Gasteiger charge is -2.19. The fourth-order valence-electron chi connectivity index (χ4n) is 3.39. The van der Waals surface area contributed by atoms with Gasteiger partial charge in [-0.25, -0.2) is 12.8 Å². The molecule has 6 nitrogen and oxygen atoms in total. The van der Waals surface area contributed by atoms with Crippen molar-refractivity contribution in [2.75, 3.05) is 25.1 Å². The first-order valence-corrected chi connectivity index (χ1v) is 14.0. The normalized spacial score (nSPS) is 13.2. The Morgan fingerprint density at radius 2 is 1.82 bits per heavy atom. The van der Waals surface area contributed by atoms with Crippen LogP contribution in [0.1, 0.15) is 50.3 Å². The second-order valence-electron chi connectivity index (χ2n) is 7.70. The third-order valence-corrected chi connectivity index (χ3v) is 8.14. The van der Waals surface area contributed by atoms with E-state index in [1.165, 1.54) is 20.3 Å². The first-order chi connectivity index (χ1) is 16.2. The van der Waals surface area contributed by atoms with Gasteiger partial charge >= 0.3 is 0 Å². The molecule has 9 heteroatoms. The zero-order valence-electron chi connectivity index (χ0n) is 20.4. The Bertz CT molecular complexity index is 1130. The Balaban J connectivity index is 0.00000199. The summed E-state index contributed by atoms with van der Waals surface area (Å²) in [4.78, 5) is 0. The molecule has 0 heterocycles. The van der Waals surface area contributed by atoms with Crippen LogP contribution >= 0.6 is 8.58 Å². The van der Waals surface area contributed by atoms with Gasteiger partial charge in [0, 0.05) is 22.9 Å². The largest absolute Gasteiger partial charge is 0.493 e. The summed E-state index contributed by atoms with van der Waals surface area (Å²) in [5.74, 6) is 0.0541. The molecular formula is C25H34FN2O4PS. The molecule has 3 rings (SSSR count). The fraction of sp³-hybridized carbons (Fsp3) is 0.400. The van der Waals surface area contributed by atoms with Gasteiger partial charge in [-0.05, 0) is 44.5 Å². The summed E-state index contributed by atoms with van der Waals surface area (Å²) >= 11 is 0. The number of ether oxygens (including phenoxy) is 2. The maximum Gasteiger partial charge on any atom is 0.235 e. The Morgan fingerprint density at radius 1 is 1.21 bits per heavy atom. The predicted octanol–water partition coefficient (Wildman–Crippen LogP) is 5.94. The summed E-state index contributed by atoms with van der Waals surface area (Å²) in [5, 5.41) is 9.52. The van der Waals surface area contributed by atoms with Crippen LogP contribution in [-0.4, -0.2) is 39.8 Å². The van der Waals surface area contributed by atoms with Gasteiger partial charge in [-0.2, -0.15) is 0 Å². The van der Waals surface area contributed by atoms with Gasteiger partial charge in [-0.15, -0.1) is 0 Å². The highest BCUT2D eigenvalue weighted by atomic mass is 32.2. The molecule has 1 saturated carbocycles. The number of benzene rings is 2. The molecular weight excluding hydrogens is 474 g/mol. The number of nitrogens with one attached hydrogen (secondary N) is 2. The van der Waals surface area contributed by atoms with Crippen molar-refractivity contribution in [2.24, 2.45) is 0 Å². The minimum atomic E-state index is -3.37. The summed E-state index contributed by atoms with van der Waals surface area (Å²) < 4.78 is 52.7. The molecule has 2 N–H and O–H groups in total. The van der Waals surface area contributed by atoms with Gasteiger partial charge in [0.1, 0.15) is 5.82 Å². The highest BCUT2D eigenvalue weighted by molar-refractivity contribution is 7.93. The third-order valence-electron chi connectivity index (χ3n) is 5.17. The van der Waals surface area contributed by atoms with E-state index in [0.29, 0.717) is 62.1 Å². The molecule has 1 aliphatic rings. The molecule has 0 bridgehead atoms. The standard InChI is InChI=1S/C23H28FN2O4PS.C2H6/c1-14(2)31-12-11-18-19(24)13-20(29-3)23(30-4)21(18)22(25)15-5-7-16(8-6-15)26-32(27,28)17-9-10-17;1-2/h5-8,13,17,25-26,31H,1,9-12H2,2-4H3;1-2H3. The van der Waals surface area contributed by atoms with Crippen LogP contribution in [0, 0.1) is 11.2 Å². The van der Waals surface area contributed by atoms with E-state index in [1.807, 2.05) is 20.8 Å². The quantitative estimate of drug-likeness (QED) is 0.290. The molecule has 1 fully saturated rings. The first kappa shape index (κ1) is 27.8. The predicted molar refractivity (Wildman–Crippen MR) is 140 cm³/mol. The number of anilines is 1. The maximum absolute atomic E-state index is 15.0. The van der Waals surface area contributed by atoms with Crippen LogP contribution < -0.4 is 14.2 Å². The van der Waals surface area contributed by atoms with Crippen molar-refractivity contribution in [2.45, 2.75) is 45.3 Å². The molecule has 0 aromatic heterocycles. The van der Waals surface area contributed by atoms with Gasteiger partial charge in [-0.3, -0.25) is 10.1 Å². The molecule has 1 unspecified atom stereocenters. The molecule has 0 spiro atoms. The van der Waals surface area contributed by atoms with Crippen molar-refractivity contribution >= 4 is 30.0 Å². The van der Waals surface area contributed by atoms with Gasteiger partial charge in [0.25, 0.3) is 0 Å². The number of methoxy groups -OCH3 is 2. The zero-order valence-corrected chi connectivity index (χ0v) is 22.2. The van der Waals surface area contributed by atoms with Gasteiger partial charge in [-0.1, -0.05) is 46.5 Å². The van der Waals surface area contributed by atoms with E-state index in [1.54, 1.807) is 24.3 Å². The summed E-state index contributed by atoms with van der Waals surface area (Å²) in [7, 11) is 0.00183. The molecule has 2 aromatic carbocycles. The van der Waals surface area contributed by atoms with Crippen LogP contribution in [0.3, 0.4) is 0 Å². The second-order valence-corrected chi connectivity index (χ2v) is 11.4. The van der Waals surface area contributed by atoms with E-state index in [9.17, 15) is 8.42 Å². The van der Waals surface area contributed by atoms with Crippen LogP contribution in [0.4, 0.5) is 10.1 Å². The number of sulfonamides is 1. The Kier molecular flexibility index (Phi) is 10.1. The second kappa shape index (κ2) is 12.3. The molecule has 2 aromatic rings. The van der Waals surface area contributed by atoms with Crippen molar-refractivity contribution in [3.05, 3.63) is 64.7 Å². The number of allylic oxidation sites excluding steroid dienone is 1. The van der Waals surface area contributed by atoms with Crippen molar-refractivity contribution in [1.29, 1.82) is 5.41 Å². The van der Waals surface area contributed by atoms with Gasteiger partial charge in [0.2, 0.25) is 10.0 Å². The molecule has 1 aliphatic carbocycles. The molecule has 0 radical (unpaired) electrons. The molecule has 0 amide bonds. The summed E-state index contributed by atoms with van der Waals surface area (Å²) in [6, 6.07) is 7.78. The average Bonchev–Trinajstić information content (AvgIpc) is 3.67. The SMILES string of the molecule is C=C(C)PCCc1c(F)cc(OC)c(OC)c1C(=N)c1ccc(NS(=O)(=O)C2CC2)cc1.CC. The van der Waals surface area contributed by atoms with E-state index in [2.05, 4.69) is 11.3 Å². The van der Waals surface area contributed by atoms with Crippen LogP contribution in [0.15, 0.2) is 42.2 Å². The topological polar surface area (TPSA) is 88.5 Å². The Labute approximate surface area is 204 Å². The molecule has 1 atom stereocenters. The monoisotopic (exact) mass is 508 g/mol. The third kappa shape index (κ3) is 6.80. The Hall–Kier alpha value is -2.44. The molecule has 186 valence electrons. The van der Waals surface area contributed by atoms with E-state index in [0.717, 1.165) is 5.31 Å². The van der Waals surface area contributed by atoms with Gasteiger partial charge in [0.05, 0.1) is 30.7 Å². The smallest absolute Gasteiger partial charge is 0.235 e. The molecule has 34 heavy (non-hydrogen) atoms. The molecule has 0 aliphatic heterocycles. The number of hydrogen-bond donors (Lipinski definition) is 2. The number of hydrogen-bond acceptors (Lipinski definition) is 5. The summed E-state index contributed by atoms with van der Waals surface area (Å²) in [5.41, 5.74) is 1.74. The highest BCUT2D eigenvalue weighted by Gasteiger charge is 2.35. The molecule has 0 saturated heterocycles. The van der Waals surface area contributed by atoms with Crippen LogP contribution in [0.2, 0.25) is 0 Å². The van der Waals surface area contributed by atoms with Crippen molar-refractivity contribution < 1.29 is 22.3 Å². The lowest BCUT2D eigenvalue weighted by Crippen LogP contribution is -2.17. The van der Waals surface area contributed by atoms with Crippen LogP contribution in [0.25, 0.3) is 0 Å². The highest BCUT2D eigenvalue weighted by Crippen LogP contribution is 2.38. The minimum Gasteiger partial charge on any atom is -0.493 e. The van der Waals surface area contributed by atoms with Crippen LogP contribution in [-0.2, 0) is 16.4 Å². The fourth-order valence-corrected chi connectivity index (χ4v) is 5.58.